The molecule has 4 rings (SSSR count). The van der Waals surface area contributed by atoms with E-state index in [1.807, 2.05) is 0 Å². The Bertz CT molecular complexity index is 1100. The number of aromatic carboxylic acids is 1. The van der Waals surface area contributed by atoms with E-state index in [-0.39, 0.29) is 22.8 Å². The first-order valence-electron chi connectivity index (χ1n) is 8.88. The highest BCUT2D eigenvalue weighted by molar-refractivity contribution is 7.17. The number of halogens is 2. The molecular weight excluding hydrogens is 398 g/mol. The number of carbonyl (C=O) groups excluding carboxylic acids is 1. The maximum Gasteiger partial charge on any atom is 0.339 e. The molecule has 148 valence electrons. The summed E-state index contributed by atoms with van der Waals surface area (Å²) in [6.07, 6.45) is 0.380. The number of hydrogen-bond acceptors (Lipinski definition) is 4. The van der Waals surface area contributed by atoms with Gasteiger partial charge in [0.15, 0.2) is 0 Å². The first-order valence-corrected chi connectivity index (χ1v) is 9.70. The van der Waals surface area contributed by atoms with Gasteiger partial charge in [-0.1, -0.05) is 18.2 Å². The number of nitrogens with one attached hydrogen (secondary N) is 1. The zero-order valence-corrected chi connectivity index (χ0v) is 15.9. The second-order valence-electron chi connectivity index (χ2n) is 6.60. The van der Waals surface area contributed by atoms with Crippen LogP contribution in [0.4, 0.5) is 19.5 Å². The molecule has 1 aliphatic heterocycles. The van der Waals surface area contributed by atoms with Crippen molar-refractivity contribution in [3.8, 4) is 0 Å². The van der Waals surface area contributed by atoms with Gasteiger partial charge in [0.05, 0.1) is 17.8 Å². The van der Waals surface area contributed by atoms with E-state index in [2.05, 4.69) is 5.32 Å². The van der Waals surface area contributed by atoms with Crippen LogP contribution < -0.4 is 10.2 Å². The van der Waals surface area contributed by atoms with Crippen LogP contribution in [0.5, 0.6) is 0 Å². The monoisotopic (exact) mass is 414 g/mol. The van der Waals surface area contributed by atoms with Crippen molar-refractivity contribution < 1.29 is 23.5 Å². The molecule has 1 aliphatic rings. The molecular formula is C21H16F2N2O3S. The molecule has 1 aromatic heterocycles. The van der Waals surface area contributed by atoms with E-state index in [0.29, 0.717) is 24.1 Å². The number of amides is 1. The third-order valence-corrected chi connectivity index (χ3v) is 5.92. The lowest BCUT2D eigenvalue weighted by atomic mass is 10.0. The molecule has 3 aromatic rings. The van der Waals surface area contributed by atoms with Crippen molar-refractivity contribution in [1.29, 1.82) is 0 Å². The number of benzene rings is 2. The summed E-state index contributed by atoms with van der Waals surface area (Å²) in [7, 11) is 0. The van der Waals surface area contributed by atoms with E-state index in [4.69, 9.17) is 0 Å². The normalized spacial score (nSPS) is 13.1. The van der Waals surface area contributed by atoms with Crippen molar-refractivity contribution in [1.82, 2.24) is 0 Å². The lowest BCUT2D eigenvalue weighted by molar-refractivity contribution is 0.0697. The quantitative estimate of drug-likeness (QED) is 0.658. The van der Waals surface area contributed by atoms with Gasteiger partial charge < -0.3 is 15.3 Å². The van der Waals surface area contributed by atoms with Crippen molar-refractivity contribution in [3.05, 3.63) is 81.7 Å². The Hall–Kier alpha value is -3.26. The Balaban J connectivity index is 1.64. The molecule has 29 heavy (non-hydrogen) atoms. The minimum absolute atomic E-state index is 0.0773. The number of rotatable bonds is 4. The van der Waals surface area contributed by atoms with Crippen molar-refractivity contribution in [2.24, 2.45) is 0 Å². The van der Waals surface area contributed by atoms with Crippen molar-refractivity contribution >= 4 is 33.9 Å². The molecule has 0 saturated heterocycles. The summed E-state index contributed by atoms with van der Waals surface area (Å²) in [4.78, 5) is 26.8. The standard InChI is InChI=1S/C21H16F2N2O3S/c22-13-6-7-16(15(23)10-13)25-9-8-14-17(11-25)29-20(18(14)21(27)28)24-19(26)12-4-2-1-3-5-12/h1-7,10H,8-9,11H2,(H,24,26)(H,27,28). The van der Waals surface area contributed by atoms with Gasteiger partial charge in [-0.05, 0) is 36.2 Å². The van der Waals surface area contributed by atoms with Crippen molar-refractivity contribution in [2.45, 2.75) is 13.0 Å². The number of anilines is 2. The van der Waals surface area contributed by atoms with E-state index in [9.17, 15) is 23.5 Å². The van der Waals surface area contributed by atoms with Gasteiger partial charge in [0.25, 0.3) is 5.91 Å². The Kier molecular flexibility index (Phi) is 5.02. The Morgan fingerprint density at radius 2 is 1.86 bits per heavy atom. The molecule has 0 fully saturated rings. The van der Waals surface area contributed by atoms with E-state index in [1.54, 1.807) is 35.2 Å². The topological polar surface area (TPSA) is 69.6 Å². The van der Waals surface area contributed by atoms with Gasteiger partial charge in [-0.2, -0.15) is 0 Å². The van der Waals surface area contributed by atoms with Crippen LogP contribution >= 0.6 is 11.3 Å². The Labute approximate surface area is 169 Å². The average molecular weight is 414 g/mol. The fraction of sp³-hybridized carbons (Fsp3) is 0.143. The SMILES string of the molecule is O=C(Nc1sc2c(c1C(=O)O)CCN(c1ccc(F)cc1F)C2)c1ccccc1. The number of fused-ring (bicyclic) bond motifs is 1. The molecule has 0 saturated carbocycles. The third kappa shape index (κ3) is 3.71. The van der Waals surface area contributed by atoms with Gasteiger partial charge >= 0.3 is 5.97 Å². The van der Waals surface area contributed by atoms with Gasteiger partial charge in [-0.15, -0.1) is 11.3 Å². The molecule has 0 bridgehead atoms. The first-order chi connectivity index (χ1) is 13.9. The summed E-state index contributed by atoms with van der Waals surface area (Å²) < 4.78 is 27.4. The van der Waals surface area contributed by atoms with Crippen molar-refractivity contribution in [2.75, 3.05) is 16.8 Å². The van der Waals surface area contributed by atoms with Gasteiger partial charge in [0.1, 0.15) is 16.6 Å². The van der Waals surface area contributed by atoms with E-state index >= 15 is 0 Å². The van der Waals surface area contributed by atoms with Crippen LogP contribution in [0.3, 0.4) is 0 Å². The van der Waals surface area contributed by atoms with E-state index < -0.39 is 23.5 Å². The highest BCUT2D eigenvalue weighted by Crippen LogP contribution is 2.39. The smallest absolute Gasteiger partial charge is 0.339 e. The minimum atomic E-state index is -1.12. The number of thiophene rings is 1. The van der Waals surface area contributed by atoms with Crippen LogP contribution in [0.15, 0.2) is 48.5 Å². The third-order valence-electron chi connectivity index (χ3n) is 4.78. The number of carboxylic acids is 1. The predicted octanol–water partition coefficient (Wildman–Crippen LogP) is 4.54. The highest BCUT2D eigenvalue weighted by atomic mass is 32.1. The van der Waals surface area contributed by atoms with Crippen LogP contribution in [0.1, 0.15) is 31.2 Å². The van der Waals surface area contributed by atoms with Crippen LogP contribution in [-0.2, 0) is 13.0 Å². The summed E-state index contributed by atoms with van der Waals surface area (Å²) in [5.74, 6) is -2.83. The average Bonchev–Trinajstić information content (AvgIpc) is 3.05. The minimum Gasteiger partial charge on any atom is -0.478 e. The second-order valence-corrected chi connectivity index (χ2v) is 7.71. The fourth-order valence-electron chi connectivity index (χ4n) is 3.43. The predicted molar refractivity (Wildman–Crippen MR) is 107 cm³/mol. The summed E-state index contributed by atoms with van der Waals surface area (Å²) in [6, 6.07) is 11.9. The van der Waals surface area contributed by atoms with E-state index in [0.717, 1.165) is 10.9 Å². The molecule has 0 spiro atoms. The molecule has 0 radical (unpaired) electrons. The molecule has 0 atom stereocenters. The van der Waals surface area contributed by atoms with Gasteiger partial charge in [-0.25, -0.2) is 13.6 Å². The fourth-order valence-corrected chi connectivity index (χ4v) is 4.68. The summed E-state index contributed by atoms with van der Waals surface area (Å²) in [5, 5.41) is 12.6. The Morgan fingerprint density at radius 1 is 1.10 bits per heavy atom. The zero-order valence-electron chi connectivity index (χ0n) is 15.1. The first kappa shape index (κ1) is 19.1. The second kappa shape index (κ2) is 7.63. The van der Waals surface area contributed by atoms with Gasteiger partial charge in [0.2, 0.25) is 0 Å². The lowest BCUT2D eigenvalue weighted by Crippen LogP contribution is -2.30. The molecule has 0 unspecified atom stereocenters. The summed E-state index contributed by atoms with van der Waals surface area (Å²) in [5.41, 5.74) is 1.40. The maximum absolute atomic E-state index is 14.2. The molecule has 0 aliphatic carbocycles. The Morgan fingerprint density at radius 3 is 2.55 bits per heavy atom. The van der Waals surface area contributed by atoms with Crippen LogP contribution in [0.2, 0.25) is 0 Å². The van der Waals surface area contributed by atoms with Crippen LogP contribution in [-0.4, -0.2) is 23.5 Å². The summed E-state index contributed by atoms with van der Waals surface area (Å²) in [6.45, 7) is 0.669. The zero-order chi connectivity index (χ0) is 20.5. The molecule has 5 nitrogen and oxygen atoms in total. The van der Waals surface area contributed by atoms with Gasteiger partial charge in [0, 0.05) is 23.1 Å². The molecule has 1 amide bonds. The lowest BCUT2D eigenvalue weighted by Gasteiger charge is -2.29. The molecule has 2 aromatic carbocycles. The maximum atomic E-state index is 14.2. The molecule has 2 heterocycles. The van der Waals surface area contributed by atoms with Crippen LogP contribution in [0, 0.1) is 11.6 Å². The summed E-state index contributed by atoms with van der Waals surface area (Å²) >= 11 is 1.17. The number of nitrogens with zero attached hydrogens (tertiary/aromatic N) is 1. The largest absolute Gasteiger partial charge is 0.478 e. The molecule has 2 N–H and O–H groups in total. The number of hydrogen-bond donors (Lipinski definition) is 2. The van der Waals surface area contributed by atoms with Crippen LogP contribution in [0.25, 0.3) is 0 Å². The van der Waals surface area contributed by atoms with Gasteiger partial charge in [-0.3, -0.25) is 4.79 Å². The number of carbonyl (C=O) groups is 2. The highest BCUT2D eigenvalue weighted by Gasteiger charge is 2.29. The molecule has 8 heteroatoms. The van der Waals surface area contributed by atoms with Crippen molar-refractivity contribution in [3.63, 3.8) is 0 Å². The number of carboxylic acid groups (broad SMARTS) is 1. The van der Waals surface area contributed by atoms with E-state index in [1.165, 1.54) is 23.5 Å².